The van der Waals surface area contributed by atoms with E-state index in [9.17, 15) is 0 Å². The van der Waals surface area contributed by atoms with Crippen molar-refractivity contribution in [2.45, 2.75) is 46.8 Å². The Balaban J connectivity index is 2.69. The van der Waals surface area contributed by atoms with Crippen molar-refractivity contribution in [1.29, 1.82) is 0 Å². The molecule has 0 spiro atoms. The van der Waals surface area contributed by atoms with Crippen LogP contribution in [-0.2, 0) is 6.54 Å². The zero-order valence-electron chi connectivity index (χ0n) is 11.4. The molecular formula is C13H23N3O. The molecule has 0 fully saturated rings. The van der Waals surface area contributed by atoms with Crippen LogP contribution in [0.15, 0.2) is 6.07 Å². The van der Waals surface area contributed by atoms with Gasteiger partial charge in [0.25, 0.3) is 0 Å². The number of aryl methyl sites for hydroxylation is 1. The average molecular weight is 237 g/mol. The van der Waals surface area contributed by atoms with Crippen molar-refractivity contribution in [2.75, 3.05) is 7.05 Å². The van der Waals surface area contributed by atoms with E-state index in [0.29, 0.717) is 11.9 Å². The Morgan fingerprint density at radius 2 is 2.00 bits per heavy atom. The molecule has 0 amide bonds. The molecule has 0 bridgehead atoms. The second-order valence-corrected chi connectivity index (χ2v) is 4.87. The Bertz CT molecular complexity index is 353. The smallest absolute Gasteiger partial charge is 0.317 e. The summed E-state index contributed by atoms with van der Waals surface area (Å²) in [4.78, 5) is 8.68. The van der Waals surface area contributed by atoms with E-state index in [1.54, 1.807) is 0 Å². The van der Waals surface area contributed by atoms with Gasteiger partial charge >= 0.3 is 6.01 Å². The normalized spacial score (nSPS) is 12.8. The average Bonchev–Trinajstić information content (AvgIpc) is 2.14. The van der Waals surface area contributed by atoms with Crippen LogP contribution in [0.1, 0.15) is 38.6 Å². The first-order valence-electron chi connectivity index (χ1n) is 6.17. The number of nitrogens with one attached hydrogen (secondary N) is 1. The number of ether oxygens (including phenoxy) is 1. The molecule has 0 saturated carbocycles. The molecule has 1 heterocycles. The highest BCUT2D eigenvalue weighted by Gasteiger charge is 2.10. The zero-order valence-corrected chi connectivity index (χ0v) is 11.4. The van der Waals surface area contributed by atoms with E-state index in [-0.39, 0.29) is 6.10 Å². The molecule has 1 aromatic rings. The maximum atomic E-state index is 5.74. The molecule has 1 aromatic heterocycles. The van der Waals surface area contributed by atoms with Gasteiger partial charge in [-0.25, -0.2) is 4.98 Å². The molecular weight excluding hydrogens is 214 g/mol. The zero-order chi connectivity index (χ0) is 12.8. The van der Waals surface area contributed by atoms with Gasteiger partial charge in [0.15, 0.2) is 0 Å². The summed E-state index contributed by atoms with van der Waals surface area (Å²) in [6.45, 7) is 9.12. The third kappa shape index (κ3) is 5.13. The fraction of sp³-hybridized carbons (Fsp3) is 0.692. The molecule has 0 aliphatic heterocycles. The molecule has 0 aliphatic rings. The van der Waals surface area contributed by atoms with Crippen LogP contribution in [0.5, 0.6) is 6.01 Å². The van der Waals surface area contributed by atoms with Gasteiger partial charge in [-0.1, -0.05) is 13.8 Å². The Morgan fingerprint density at radius 1 is 1.29 bits per heavy atom. The van der Waals surface area contributed by atoms with Crippen LogP contribution in [0.3, 0.4) is 0 Å². The van der Waals surface area contributed by atoms with Crippen molar-refractivity contribution in [1.82, 2.24) is 15.3 Å². The summed E-state index contributed by atoms with van der Waals surface area (Å²) in [5.74, 6) is 0.617. The van der Waals surface area contributed by atoms with Gasteiger partial charge < -0.3 is 10.1 Å². The van der Waals surface area contributed by atoms with Crippen LogP contribution in [0.4, 0.5) is 0 Å². The van der Waals surface area contributed by atoms with Crippen molar-refractivity contribution >= 4 is 0 Å². The van der Waals surface area contributed by atoms with Gasteiger partial charge in [-0.05, 0) is 39.3 Å². The monoisotopic (exact) mass is 237 g/mol. The van der Waals surface area contributed by atoms with Crippen molar-refractivity contribution in [3.63, 3.8) is 0 Å². The summed E-state index contributed by atoms with van der Waals surface area (Å²) >= 11 is 0. The number of hydrogen-bond donors (Lipinski definition) is 1. The first-order chi connectivity index (χ1) is 8.01. The lowest BCUT2D eigenvalue weighted by molar-refractivity contribution is 0.176. The van der Waals surface area contributed by atoms with E-state index < -0.39 is 0 Å². The lowest BCUT2D eigenvalue weighted by Gasteiger charge is -2.15. The highest BCUT2D eigenvalue weighted by Crippen LogP contribution is 2.13. The Labute approximate surface area is 104 Å². The fourth-order valence-corrected chi connectivity index (χ4v) is 1.82. The van der Waals surface area contributed by atoms with Gasteiger partial charge in [0.05, 0.1) is 11.8 Å². The second-order valence-electron chi connectivity index (χ2n) is 4.87. The molecule has 0 aliphatic carbocycles. The second kappa shape index (κ2) is 6.55. The molecule has 4 heteroatoms. The van der Waals surface area contributed by atoms with Crippen molar-refractivity contribution in [3.05, 3.63) is 17.5 Å². The first-order valence-corrected chi connectivity index (χ1v) is 6.17. The van der Waals surface area contributed by atoms with Crippen LogP contribution in [0.2, 0.25) is 0 Å². The molecule has 1 rings (SSSR count). The van der Waals surface area contributed by atoms with Gasteiger partial charge in [-0.3, -0.25) is 0 Å². The number of hydrogen-bond acceptors (Lipinski definition) is 4. The molecule has 4 nitrogen and oxygen atoms in total. The third-order valence-corrected chi connectivity index (χ3v) is 2.35. The lowest BCUT2D eigenvalue weighted by atomic mass is 10.1. The van der Waals surface area contributed by atoms with Gasteiger partial charge in [0.1, 0.15) is 0 Å². The van der Waals surface area contributed by atoms with E-state index >= 15 is 0 Å². The van der Waals surface area contributed by atoms with E-state index in [1.807, 2.05) is 20.0 Å². The molecule has 96 valence electrons. The summed E-state index contributed by atoms with van der Waals surface area (Å²) in [5, 5.41) is 3.08. The SMILES string of the molecule is CNCc1cc(C)nc(OC(C)CC(C)C)n1. The first kappa shape index (κ1) is 13.9. The molecule has 1 N–H and O–H groups in total. The molecule has 0 radical (unpaired) electrons. The highest BCUT2D eigenvalue weighted by atomic mass is 16.5. The maximum Gasteiger partial charge on any atom is 0.317 e. The van der Waals surface area contributed by atoms with Gasteiger partial charge in [0, 0.05) is 12.2 Å². The van der Waals surface area contributed by atoms with Gasteiger partial charge in [-0.2, -0.15) is 4.98 Å². The lowest BCUT2D eigenvalue weighted by Crippen LogP contribution is -2.17. The minimum atomic E-state index is 0.152. The minimum absolute atomic E-state index is 0.152. The summed E-state index contributed by atoms with van der Waals surface area (Å²) in [6.07, 6.45) is 1.16. The molecule has 0 aromatic carbocycles. The number of nitrogens with zero attached hydrogens (tertiary/aromatic N) is 2. The molecule has 17 heavy (non-hydrogen) atoms. The third-order valence-electron chi connectivity index (χ3n) is 2.35. The van der Waals surface area contributed by atoms with Crippen molar-refractivity contribution in [3.8, 4) is 6.01 Å². The molecule has 0 saturated heterocycles. The predicted molar refractivity (Wildman–Crippen MR) is 69.1 cm³/mol. The molecule has 1 unspecified atom stereocenters. The van der Waals surface area contributed by atoms with E-state index in [0.717, 1.165) is 24.4 Å². The Kier molecular flexibility index (Phi) is 5.35. The largest absolute Gasteiger partial charge is 0.460 e. The minimum Gasteiger partial charge on any atom is -0.460 e. The van der Waals surface area contributed by atoms with Gasteiger partial charge in [0.2, 0.25) is 0 Å². The van der Waals surface area contributed by atoms with Crippen LogP contribution in [-0.4, -0.2) is 23.1 Å². The summed E-state index contributed by atoms with van der Waals surface area (Å²) in [5.41, 5.74) is 1.91. The Morgan fingerprint density at radius 3 is 2.59 bits per heavy atom. The Hall–Kier alpha value is -1.16. The van der Waals surface area contributed by atoms with E-state index in [2.05, 4.69) is 36.1 Å². The molecule has 1 atom stereocenters. The topological polar surface area (TPSA) is 47.0 Å². The van der Waals surface area contributed by atoms with Crippen LogP contribution < -0.4 is 10.1 Å². The van der Waals surface area contributed by atoms with E-state index in [4.69, 9.17) is 4.74 Å². The summed E-state index contributed by atoms with van der Waals surface area (Å²) < 4.78 is 5.74. The quantitative estimate of drug-likeness (QED) is 0.825. The summed E-state index contributed by atoms with van der Waals surface area (Å²) in [7, 11) is 1.90. The van der Waals surface area contributed by atoms with E-state index in [1.165, 1.54) is 0 Å². The van der Waals surface area contributed by atoms with Crippen LogP contribution in [0.25, 0.3) is 0 Å². The van der Waals surface area contributed by atoms with Crippen LogP contribution >= 0.6 is 0 Å². The van der Waals surface area contributed by atoms with Crippen molar-refractivity contribution < 1.29 is 4.74 Å². The number of aromatic nitrogens is 2. The van der Waals surface area contributed by atoms with Gasteiger partial charge in [-0.15, -0.1) is 0 Å². The van der Waals surface area contributed by atoms with Crippen LogP contribution in [0, 0.1) is 12.8 Å². The predicted octanol–water partition coefficient (Wildman–Crippen LogP) is 2.32. The maximum absolute atomic E-state index is 5.74. The highest BCUT2D eigenvalue weighted by molar-refractivity contribution is 5.12. The fourth-order valence-electron chi connectivity index (χ4n) is 1.82. The summed E-state index contributed by atoms with van der Waals surface area (Å²) in [6, 6.07) is 2.46. The standard InChI is InChI=1S/C13H23N3O/c1-9(2)6-11(4)17-13-15-10(3)7-12(16-13)8-14-5/h7,9,11,14H,6,8H2,1-5H3. The number of rotatable bonds is 6. The van der Waals surface area contributed by atoms with Crippen molar-refractivity contribution in [2.24, 2.45) is 5.92 Å².